The van der Waals surface area contributed by atoms with Crippen LogP contribution < -0.4 is 10.6 Å². The third-order valence-electron chi connectivity index (χ3n) is 2.67. The van der Waals surface area contributed by atoms with Gasteiger partial charge in [0.1, 0.15) is 0 Å². The molecule has 0 spiro atoms. The third-order valence-corrected chi connectivity index (χ3v) is 3.44. The highest BCUT2D eigenvalue weighted by Gasteiger charge is 1.97. The van der Waals surface area contributed by atoms with Gasteiger partial charge in [0.05, 0.1) is 0 Å². The van der Waals surface area contributed by atoms with E-state index in [0.717, 1.165) is 16.7 Å². The van der Waals surface area contributed by atoms with Gasteiger partial charge in [0.2, 0.25) is 0 Å². The lowest BCUT2D eigenvalue weighted by atomic mass is 10.1. The van der Waals surface area contributed by atoms with Crippen LogP contribution in [0.25, 0.3) is 0 Å². The van der Waals surface area contributed by atoms with Crippen LogP contribution in [-0.2, 0) is 0 Å². The lowest BCUT2D eigenvalue weighted by Gasteiger charge is -2.10. The van der Waals surface area contributed by atoms with Gasteiger partial charge in [0.25, 0.3) is 0 Å². The molecule has 0 fully saturated rings. The Kier molecular flexibility index (Phi) is 8.01. The molecule has 0 saturated heterocycles. The summed E-state index contributed by atoms with van der Waals surface area (Å²) in [6.07, 6.45) is 6.41. The van der Waals surface area contributed by atoms with E-state index >= 15 is 0 Å². The Balaban J connectivity index is 2.12. The molecule has 1 rings (SSSR count). The zero-order valence-corrected chi connectivity index (χ0v) is 13.2. The summed E-state index contributed by atoms with van der Waals surface area (Å²) in [7, 11) is 0. The third kappa shape index (κ3) is 6.97. The molecule has 0 aromatic heterocycles. The van der Waals surface area contributed by atoms with E-state index < -0.39 is 0 Å². The highest BCUT2D eigenvalue weighted by Crippen LogP contribution is 2.13. The van der Waals surface area contributed by atoms with Gasteiger partial charge in [-0.2, -0.15) is 0 Å². The summed E-state index contributed by atoms with van der Waals surface area (Å²) in [5.41, 5.74) is 1.02. The molecule has 18 heavy (non-hydrogen) atoms. The minimum atomic E-state index is 0.702. The largest absolute Gasteiger partial charge is 0.362 e. The zero-order chi connectivity index (χ0) is 13.2. The summed E-state index contributed by atoms with van der Waals surface area (Å²) < 4.78 is 1.07. The Bertz CT molecular complexity index is 351. The lowest BCUT2D eigenvalue weighted by molar-refractivity contribution is 0.625. The number of nitrogens with one attached hydrogen (secondary N) is 2. The number of halogens is 1. The van der Waals surface area contributed by atoms with Crippen molar-refractivity contribution < 1.29 is 0 Å². The van der Waals surface area contributed by atoms with Gasteiger partial charge in [-0.3, -0.25) is 0 Å². The summed E-state index contributed by atoms with van der Waals surface area (Å²) in [5, 5.41) is 7.10. The van der Waals surface area contributed by atoms with Crippen molar-refractivity contribution in [1.82, 2.24) is 5.32 Å². The van der Waals surface area contributed by atoms with Crippen LogP contribution in [-0.4, -0.2) is 11.7 Å². The molecule has 0 amide bonds. The average molecular weight is 329 g/mol. The van der Waals surface area contributed by atoms with Crippen molar-refractivity contribution in [3.05, 3.63) is 28.7 Å². The summed E-state index contributed by atoms with van der Waals surface area (Å²) >= 11 is 8.64. The van der Waals surface area contributed by atoms with Crippen molar-refractivity contribution in [2.45, 2.75) is 39.0 Å². The second-order valence-electron chi connectivity index (χ2n) is 4.30. The van der Waals surface area contributed by atoms with Crippen LogP contribution in [0.15, 0.2) is 28.7 Å². The van der Waals surface area contributed by atoms with E-state index in [1.54, 1.807) is 0 Å². The van der Waals surface area contributed by atoms with E-state index in [9.17, 15) is 0 Å². The fourth-order valence-corrected chi connectivity index (χ4v) is 2.12. The highest BCUT2D eigenvalue weighted by atomic mass is 79.9. The molecular formula is C14H21BrN2S. The van der Waals surface area contributed by atoms with Crippen molar-refractivity contribution in [3.63, 3.8) is 0 Å². The van der Waals surface area contributed by atoms with Crippen LogP contribution in [0.1, 0.15) is 39.0 Å². The van der Waals surface area contributed by atoms with E-state index in [1.165, 1.54) is 32.1 Å². The van der Waals surface area contributed by atoms with Crippen molar-refractivity contribution in [3.8, 4) is 0 Å². The number of unbranched alkanes of at least 4 members (excludes halogenated alkanes) is 4. The van der Waals surface area contributed by atoms with Crippen molar-refractivity contribution in [1.29, 1.82) is 0 Å². The van der Waals surface area contributed by atoms with Crippen LogP contribution in [0.5, 0.6) is 0 Å². The molecule has 1 aromatic rings. The topological polar surface area (TPSA) is 24.1 Å². The molecule has 0 saturated carbocycles. The molecule has 0 aliphatic rings. The normalized spacial score (nSPS) is 10.1. The van der Waals surface area contributed by atoms with E-state index in [1.807, 2.05) is 24.3 Å². The van der Waals surface area contributed by atoms with Crippen molar-refractivity contribution >= 4 is 38.9 Å². The van der Waals surface area contributed by atoms with Gasteiger partial charge >= 0.3 is 0 Å². The standard InChI is InChI=1S/C14H21BrN2S/c1-2-3-4-5-6-11-16-14(18)17-13-9-7-12(15)8-10-13/h7-10H,2-6,11H2,1H3,(H2,16,17,18). The van der Waals surface area contributed by atoms with Crippen molar-refractivity contribution in [2.24, 2.45) is 0 Å². The summed E-state index contributed by atoms with van der Waals surface area (Å²) in [6.45, 7) is 3.18. The quantitative estimate of drug-likeness (QED) is 0.560. The minimum absolute atomic E-state index is 0.702. The predicted molar refractivity (Wildman–Crippen MR) is 87.1 cm³/mol. The predicted octanol–water partition coefficient (Wildman–Crippen LogP) is 4.71. The minimum Gasteiger partial charge on any atom is -0.362 e. The number of benzene rings is 1. The molecule has 0 heterocycles. The number of anilines is 1. The van der Waals surface area contributed by atoms with Gasteiger partial charge < -0.3 is 10.6 Å². The van der Waals surface area contributed by atoms with Crippen LogP contribution in [0.2, 0.25) is 0 Å². The number of hydrogen-bond donors (Lipinski definition) is 2. The summed E-state index contributed by atoms with van der Waals surface area (Å²) in [6, 6.07) is 7.99. The monoisotopic (exact) mass is 328 g/mol. The number of thiocarbonyl (C=S) groups is 1. The molecule has 2 N–H and O–H groups in total. The molecule has 0 radical (unpaired) electrons. The fourth-order valence-electron chi connectivity index (χ4n) is 1.64. The van der Waals surface area contributed by atoms with Gasteiger partial charge in [-0.25, -0.2) is 0 Å². The van der Waals surface area contributed by atoms with Gasteiger partial charge in [-0.05, 0) is 42.9 Å². The maximum atomic E-state index is 5.24. The van der Waals surface area contributed by atoms with Crippen molar-refractivity contribution in [2.75, 3.05) is 11.9 Å². The van der Waals surface area contributed by atoms with E-state index in [4.69, 9.17) is 12.2 Å². The molecule has 0 aliphatic carbocycles. The maximum absolute atomic E-state index is 5.24. The second-order valence-corrected chi connectivity index (χ2v) is 5.63. The molecule has 1 aromatic carbocycles. The zero-order valence-electron chi connectivity index (χ0n) is 10.8. The van der Waals surface area contributed by atoms with Crippen LogP contribution in [0, 0.1) is 0 Å². The van der Waals surface area contributed by atoms with Crippen LogP contribution >= 0.6 is 28.1 Å². The summed E-state index contributed by atoms with van der Waals surface area (Å²) in [4.78, 5) is 0. The second kappa shape index (κ2) is 9.34. The van der Waals surface area contributed by atoms with Crippen LogP contribution in [0.3, 0.4) is 0 Å². The number of rotatable bonds is 7. The summed E-state index contributed by atoms with van der Waals surface area (Å²) in [5.74, 6) is 0. The number of hydrogen-bond acceptors (Lipinski definition) is 1. The van der Waals surface area contributed by atoms with Gasteiger partial charge in [0.15, 0.2) is 5.11 Å². The molecule has 0 bridgehead atoms. The van der Waals surface area contributed by atoms with Crippen LogP contribution in [0.4, 0.5) is 5.69 Å². The van der Waals surface area contributed by atoms with Gasteiger partial charge in [0, 0.05) is 16.7 Å². The Hall–Kier alpha value is -0.610. The first kappa shape index (κ1) is 15.4. The molecular weight excluding hydrogens is 308 g/mol. The molecule has 0 unspecified atom stereocenters. The molecule has 4 heteroatoms. The lowest BCUT2D eigenvalue weighted by Crippen LogP contribution is -2.29. The first-order valence-corrected chi connectivity index (χ1v) is 7.73. The Morgan fingerprint density at radius 2 is 1.78 bits per heavy atom. The Morgan fingerprint density at radius 1 is 1.11 bits per heavy atom. The molecule has 0 atom stereocenters. The molecule has 2 nitrogen and oxygen atoms in total. The van der Waals surface area contributed by atoms with Gasteiger partial charge in [-0.1, -0.05) is 48.5 Å². The van der Waals surface area contributed by atoms with Gasteiger partial charge in [-0.15, -0.1) is 0 Å². The highest BCUT2D eigenvalue weighted by molar-refractivity contribution is 9.10. The van der Waals surface area contributed by atoms with E-state index in [0.29, 0.717) is 5.11 Å². The Labute approximate surface area is 124 Å². The Morgan fingerprint density at radius 3 is 2.44 bits per heavy atom. The first-order valence-electron chi connectivity index (χ1n) is 6.53. The SMILES string of the molecule is CCCCCCCNC(=S)Nc1ccc(Br)cc1. The molecule has 0 aliphatic heterocycles. The fraction of sp³-hybridized carbons (Fsp3) is 0.500. The first-order chi connectivity index (χ1) is 8.72. The molecule has 100 valence electrons. The average Bonchev–Trinajstić information content (AvgIpc) is 2.36. The van der Waals surface area contributed by atoms with E-state index in [-0.39, 0.29) is 0 Å². The maximum Gasteiger partial charge on any atom is 0.170 e. The van der Waals surface area contributed by atoms with E-state index in [2.05, 4.69) is 33.5 Å². The smallest absolute Gasteiger partial charge is 0.170 e.